The van der Waals surface area contributed by atoms with Crippen molar-refractivity contribution in [2.45, 2.75) is 11.4 Å². The van der Waals surface area contributed by atoms with Crippen LogP contribution in [0.15, 0.2) is 58.9 Å². The molecule has 7 nitrogen and oxygen atoms in total. The summed E-state index contributed by atoms with van der Waals surface area (Å²) in [7, 11) is -0.326. The second-order valence-corrected chi connectivity index (χ2v) is 9.20. The summed E-state index contributed by atoms with van der Waals surface area (Å²) in [6, 6.07) is 9.67. The zero-order valence-electron chi connectivity index (χ0n) is 16.2. The van der Waals surface area contributed by atoms with E-state index >= 15 is 0 Å². The number of sulfone groups is 1. The SMILES string of the molecule is C=CCn1c(=NC(=O)c2ccc(OC)c(OC)c2)sc2cc(S(C)(=O)=O)ccc21. The van der Waals surface area contributed by atoms with E-state index in [1.165, 1.54) is 25.6 Å². The van der Waals surface area contributed by atoms with Gasteiger partial charge in [0.05, 0.1) is 29.3 Å². The van der Waals surface area contributed by atoms with Gasteiger partial charge in [0.15, 0.2) is 26.1 Å². The molecule has 29 heavy (non-hydrogen) atoms. The fraction of sp³-hybridized carbons (Fsp3) is 0.200. The lowest BCUT2D eigenvalue weighted by atomic mass is 10.2. The lowest BCUT2D eigenvalue weighted by Crippen LogP contribution is -2.16. The van der Waals surface area contributed by atoms with Gasteiger partial charge >= 0.3 is 0 Å². The molecule has 1 amide bonds. The zero-order valence-corrected chi connectivity index (χ0v) is 17.8. The van der Waals surface area contributed by atoms with Gasteiger partial charge in [-0.1, -0.05) is 17.4 Å². The van der Waals surface area contributed by atoms with Crippen LogP contribution in [0.2, 0.25) is 0 Å². The molecule has 0 bridgehead atoms. The molecule has 0 radical (unpaired) electrons. The summed E-state index contributed by atoms with van der Waals surface area (Å²) in [4.78, 5) is 17.7. The first-order valence-corrected chi connectivity index (χ1v) is 11.2. The Hall–Kier alpha value is -2.91. The van der Waals surface area contributed by atoms with Gasteiger partial charge in [-0.05, 0) is 36.4 Å². The summed E-state index contributed by atoms with van der Waals surface area (Å²) in [5, 5.41) is 0. The minimum Gasteiger partial charge on any atom is -0.493 e. The number of carbonyl (C=O) groups excluding carboxylic acids is 1. The van der Waals surface area contributed by atoms with Gasteiger partial charge in [-0.25, -0.2) is 8.42 Å². The van der Waals surface area contributed by atoms with Crippen molar-refractivity contribution in [1.82, 2.24) is 4.57 Å². The average molecular weight is 433 g/mol. The highest BCUT2D eigenvalue weighted by Gasteiger charge is 2.14. The molecule has 0 aliphatic heterocycles. The van der Waals surface area contributed by atoms with Crippen LogP contribution in [-0.4, -0.2) is 39.4 Å². The Morgan fingerprint density at radius 3 is 2.52 bits per heavy atom. The number of hydrogen-bond acceptors (Lipinski definition) is 6. The minimum absolute atomic E-state index is 0.217. The average Bonchev–Trinajstić information content (AvgIpc) is 3.03. The fourth-order valence-electron chi connectivity index (χ4n) is 2.80. The number of rotatable bonds is 6. The molecule has 2 aromatic carbocycles. The summed E-state index contributed by atoms with van der Waals surface area (Å²) in [6.45, 7) is 4.18. The molecule has 152 valence electrons. The van der Waals surface area contributed by atoms with Crippen LogP contribution in [0.5, 0.6) is 11.5 Å². The summed E-state index contributed by atoms with van der Waals surface area (Å²) in [6.07, 6.45) is 2.85. The van der Waals surface area contributed by atoms with Crippen molar-refractivity contribution >= 4 is 37.3 Å². The third-order valence-corrected chi connectivity index (χ3v) is 6.37. The van der Waals surface area contributed by atoms with Gasteiger partial charge in [0.2, 0.25) is 0 Å². The minimum atomic E-state index is -3.34. The molecule has 0 fully saturated rings. The maximum Gasteiger partial charge on any atom is 0.279 e. The highest BCUT2D eigenvalue weighted by atomic mass is 32.2. The third-order valence-electron chi connectivity index (χ3n) is 4.22. The van der Waals surface area contributed by atoms with E-state index in [4.69, 9.17) is 9.47 Å². The van der Waals surface area contributed by atoms with Crippen molar-refractivity contribution in [3.05, 3.63) is 59.4 Å². The van der Waals surface area contributed by atoms with Crippen LogP contribution in [0.4, 0.5) is 0 Å². The van der Waals surface area contributed by atoms with Gasteiger partial charge in [-0.15, -0.1) is 6.58 Å². The van der Waals surface area contributed by atoms with E-state index in [1.54, 1.807) is 42.5 Å². The van der Waals surface area contributed by atoms with Crippen LogP contribution in [0.25, 0.3) is 10.2 Å². The Kier molecular flexibility index (Phi) is 5.90. The lowest BCUT2D eigenvalue weighted by molar-refractivity contribution is 0.0997. The second kappa shape index (κ2) is 8.22. The fourth-order valence-corrected chi connectivity index (χ4v) is 4.59. The number of amides is 1. The number of benzene rings is 2. The molecule has 0 unspecified atom stereocenters. The van der Waals surface area contributed by atoms with E-state index < -0.39 is 15.7 Å². The van der Waals surface area contributed by atoms with Crippen LogP contribution in [0, 0.1) is 0 Å². The molecular formula is C20H20N2O5S2. The largest absolute Gasteiger partial charge is 0.493 e. The summed E-state index contributed by atoms with van der Waals surface area (Å²) in [5.74, 6) is 0.501. The van der Waals surface area contributed by atoms with Gasteiger partial charge in [-0.2, -0.15) is 4.99 Å². The van der Waals surface area contributed by atoms with Crippen LogP contribution in [-0.2, 0) is 16.4 Å². The third kappa shape index (κ3) is 4.25. The van der Waals surface area contributed by atoms with Crippen LogP contribution < -0.4 is 14.3 Å². The van der Waals surface area contributed by atoms with Crippen molar-refractivity contribution in [3.8, 4) is 11.5 Å². The summed E-state index contributed by atoms with van der Waals surface area (Å²) >= 11 is 1.24. The lowest BCUT2D eigenvalue weighted by Gasteiger charge is -2.07. The molecule has 0 saturated heterocycles. The first kappa shape index (κ1) is 20.8. The number of hydrogen-bond donors (Lipinski definition) is 0. The van der Waals surface area contributed by atoms with Crippen molar-refractivity contribution in [1.29, 1.82) is 0 Å². The summed E-state index contributed by atoms with van der Waals surface area (Å²) in [5.41, 5.74) is 1.13. The quantitative estimate of drug-likeness (QED) is 0.559. The molecule has 0 N–H and O–H groups in total. The number of thiazole rings is 1. The number of allylic oxidation sites excluding steroid dienone is 1. The highest BCUT2D eigenvalue weighted by molar-refractivity contribution is 7.90. The molecule has 0 atom stereocenters. The molecule has 9 heteroatoms. The van der Waals surface area contributed by atoms with Crippen molar-refractivity contribution in [3.63, 3.8) is 0 Å². The number of ether oxygens (including phenoxy) is 2. The molecule has 3 rings (SSSR count). The monoisotopic (exact) mass is 432 g/mol. The topological polar surface area (TPSA) is 87.0 Å². The summed E-state index contributed by atoms with van der Waals surface area (Å²) < 4.78 is 36.7. The van der Waals surface area contributed by atoms with Gasteiger partial charge in [-0.3, -0.25) is 4.79 Å². The smallest absolute Gasteiger partial charge is 0.279 e. The molecule has 3 aromatic rings. The Labute approximate surface area is 172 Å². The van der Waals surface area contributed by atoms with Crippen molar-refractivity contribution < 1.29 is 22.7 Å². The van der Waals surface area contributed by atoms with Gasteiger partial charge in [0, 0.05) is 18.4 Å². The second-order valence-electron chi connectivity index (χ2n) is 6.17. The molecule has 0 spiro atoms. The predicted molar refractivity (Wildman–Crippen MR) is 113 cm³/mol. The van der Waals surface area contributed by atoms with Crippen LogP contribution in [0.3, 0.4) is 0 Å². The molecule has 0 saturated carbocycles. The maximum atomic E-state index is 12.7. The Bertz CT molecular complexity index is 1270. The van der Waals surface area contributed by atoms with Crippen LogP contribution >= 0.6 is 11.3 Å². The standard InChI is InChI=1S/C20H20N2O5S2/c1-5-10-22-15-8-7-14(29(4,24)25)12-18(15)28-20(22)21-19(23)13-6-9-16(26-2)17(11-13)27-3/h5-9,11-12H,1,10H2,2-4H3. The molecular weight excluding hydrogens is 412 g/mol. The Morgan fingerprint density at radius 1 is 1.17 bits per heavy atom. The Balaban J connectivity index is 2.14. The molecule has 0 aliphatic carbocycles. The molecule has 0 aliphatic rings. The van der Waals surface area contributed by atoms with Gasteiger partial charge in [0.1, 0.15) is 0 Å². The number of methoxy groups -OCH3 is 2. The normalized spacial score (nSPS) is 12.2. The Morgan fingerprint density at radius 2 is 1.90 bits per heavy atom. The van der Waals surface area contributed by atoms with E-state index in [9.17, 15) is 13.2 Å². The maximum absolute atomic E-state index is 12.7. The van der Waals surface area contributed by atoms with E-state index in [2.05, 4.69) is 11.6 Å². The van der Waals surface area contributed by atoms with Gasteiger partial charge < -0.3 is 14.0 Å². The van der Waals surface area contributed by atoms with E-state index in [1.807, 2.05) is 4.57 Å². The van der Waals surface area contributed by atoms with E-state index in [-0.39, 0.29) is 4.90 Å². The number of fused-ring (bicyclic) bond motifs is 1. The predicted octanol–water partition coefficient (Wildman–Crippen LogP) is 3.05. The number of carbonyl (C=O) groups is 1. The van der Waals surface area contributed by atoms with Crippen LogP contribution in [0.1, 0.15) is 10.4 Å². The first-order chi connectivity index (χ1) is 13.8. The van der Waals surface area contributed by atoms with Gasteiger partial charge in [0.25, 0.3) is 5.91 Å². The van der Waals surface area contributed by atoms with E-state index in [0.29, 0.717) is 33.1 Å². The molecule has 1 heterocycles. The highest BCUT2D eigenvalue weighted by Crippen LogP contribution is 2.28. The zero-order chi connectivity index (χ0) is 21.2. The van der Waals surface area contributed by atoms with Crippen molar-refractivity contribution in [2.75, 3.05) is 20.5 Å². The number of aromatic nitrogens is 1. The molecule has 1 aromatic heterocycles. The van der Waals surface area contributed by atoms with E-state index in [0.717, 1.165) is 11.8 Å². The van der Waals surface area contributed by atoms with Crippen molar-refractivity contribution in [2.24, 2.45) is 4.99 Å². The number of nitrogens with zero attached hydrogens (tertiary/aromatic N) is 2. The first-order valence-electron chi connectivity index (χ1n) is 8.54.